The third kappa shape index (κ3) is 4.88. The van der Waals surface area contributed by atoms with Gasteiger partial charge < -0.3 is 25.7 Å². The summed E-state index contributed by atoms with van der Waals surface area (Å²) >= 11 is 8.24. The molecule has 10 atom stereocenters. The highest BCUT2D eigenvalue weighted by Gasteiger charge is 2.66. The number of thiol groups is 2. The summed E-state index contributed by atoms with van der Waals surface area (Å²) in [5, 5.41) is 0. The van der Waals surface area contributed by atoms with Crippen molar-refractivity contribution in [1.29, 1.82) is 0 Å². The Hall–Kier alpha value is -2.69. The minimum atomic E-state index is -4.39. The number of hydrogen-bond acceptors (Lipinski definition) is 17. The number of ether oxygens (including phenoxy) is 3. The molecular formula is C21H23FN10O10P2S2. The molecule has 0 spiro atoms. The number of aromatic nitrogens is 8. The van der Waals surface area contributed by atoms with Crippen molar-refractivity contribution in [1.82, 2.24) is 39.0 Å². The van der Waals surface area contributed by atoms with Crippen molar-refractivity contribution in [3.8, 4) is 0 Å². The second-order valence-electron chi connectivity index (χ2n) is 10.8. The molecular weight excluding hydrogens is 697 g/mol. The number of nitrogens with one attached hydrogen (secondary N) is 1. The molecule has 246 valence electrons. The van der Waals surface area contributed by atoms with Gasteiger partial charge in [0.15, 0.2) is 41.3 Å². The van der Waals surface area contributed by atoms with Crippen LogP contribution in [0.2, 0.25) is 0 Å². The molecule has 8 rings (SSSR count). The molecule has 0 radical (unpaired) electrons. The summed E-state index contributed by atoms with van der Waals surface area (Å²) < 4.78 is 86.8. The van der Waals surface area contributed by atoms with Crippen LogP contribution in [-0.4, -0.2) is 95.0 Å². The summed E-state index contributed by atoms with van der Waals surface area (Å²) in [5.74, 6) is -0.110. The summed E-state index contributed by atoms with van der Waals surface area (Å²) in [6.45, 7) is -9.96. The number of aromatic amines is 1. The van der Waals surface area contributed by atoms with E-state index in [1.54, 1.807) is 0 Å². The zero-order valence-corrected chi connectivity index (χ0v) is 26.5. The number of rotatable bonds is 2. The molecule has 0 aromatic carbocycles. The van der Waals surface area contributed by atoms with Crippen molar-refractivity contribution < 1.29 is 45.8 Å². The van der Waals surface area contributed by atoms with E-state index in [9.17, 15) is 13.9 Å². The van der Waals surface area contributed by atoms with Crippen LogP contribution in [0.3, 0.4) is 0 Å². The highest BCUT2D eigenvalue weighted by molar-refractivity contribution is 8.44. The number of H-pyrrole nitrogens is 1. The Morgan fingerprint density at radius 3 is 2.50 bits per heavy atom. The number of anilines is 2. The molecule has 4 fully saturated rings. The highest BCUT2D eigenvalue weighted by atomic mass is 32.7. The predicted molar refractivity (Wildman–Crippen MR) is 159 cm³/mol. The smallest absolute Gasteiger partial charge is 0.382 e. The maximum absolute atomic E-state index is 16.1. The number of nitrogens with zero attached hydrogens (tertiary/aromatic N) is 7. The van der Waals surface area contributed by atoms with Gasteiger partial charge in [-0.2, -0.15) is 4.98 Å². The first-order valence-electron chi connectivity index (χ1n) is 13.4. The van der Waals surface area contributed by atoms with E-state index < -0.39 is 81.0 Å². The van der Waals surface area contributed by atoms with Crippen molar-refractivity contribution in [2.75, 3.05) is 31.3 Å². The van der Waals surface area contributed by atoms with Gasteiger partial charge in [0, 0.05) is 0 Å². The number of imidazole rings is 2. The van der Waals surface area contributed by atoms with E-state index in [1.165, 1.54) is 17.2 Å². The fraction of sp³-hybridized carbons (Fsp3) is 0.524. The molecule has 25 heteroatoms. The summed E-state index contributed by atoms with van der Waals surface area (Å²) in [7, 11) is 0. The second kappa shape index (κ2) is 10.7. The number of hydrogen-bond donors (Lipinski definition) is 5. The van der Waals surface area contributed by atoms with Gasteiger partial charge in [0.05, 0.1) is 32.5 Å². The van der Waals surface area contributed by atoms with Crippen LogP contribution in [0, 0.1) is 0 Å². The Morgan fingerprint density at radius 1 is 0.957 bits per heavy atom. The monoisotopic (exact) mass is 720 g/mol. The molecule has 4 aromatic heterocycles. The Labute approximate surface area is 266 Å². The lowest BCUT2D eigenvalue weighted by Gasteiger charge is -2.33. The van der Waals surface area contributed by atoms with Crippen molar-refractivity contribution in [2.24, 2.45) is 0 Å². The van der Waals surface area contributed by atoms with E-state index in [-0.39, 0.29) is 29.5 Å². The van der Waals surface area contributed by atoms with Gasteiger partial charge in [-0.1, -0.05) is 24.5 Å². The van der Waals surface area contributed by atoms with Crippen LogP contribution in [0.25, 0.3) is 22.3 Å². The largest absolute Gasteiger partial charge is 0.386 e. The molecule has 46 heavy (non-hydrogen) atoms. The van der Waals surface area contributed by atoms with Crippen LogP contribution >= 0.6 is 38.1 Å². The molecule has 0 aliphatic carbocycles. The van der Waals surface area contributed by atoms with E-state index in [0.717, 1.165) is 10.9 Å². The molecule has 4 aliphatic heterocycles. The van der Waals surface area contributed by atoms with Gasteiger partial charge in [-0.3, -0.25) is 37.0 Å². The Morgan fingerprint density at radius 2 is 1.70 bits per heavy atom. The first kappa shape index (κ1) is 30.6. The second-order valence-corrected chi connectivity index (χ2v) is 16.6. The van der Waals surface area contributed by atoms with Crippen molar-refractivity contribution in [2.45, 2.75) is 48.6 Å². The SMILES string of the molecule is Nc1nc2c(ncn2[C@@H]2OC3COP(=O)(S)O[C@H]4[C@H]5OC[C@]4(COP(=O)(S)O[C@H]3[C@H]2F)O[C@H]5n2cnc3c(N)ncnc32)c(=O)[nH]1. The molecule has 0 saturated carbocycles. The zero-order valence-electron chi connectivity index (χ0n) is 22.9. The van der Waals surface area contributed by atoms with Gasteiger partial charge in [-0.05, 0) is 0 Å². The van der Waals surface area contributed by atoms with Gasteiger partial charge in [0.1, 0.15) is 41.9 Å². The van der Waals surface area contributed by atoms with Crippen LogP contribution in [0.5, 0.6) is 0 Å². The fourth-order valence-electron chi connectivity index (χ4n) is 5.96. The summed E-state index contributed by atoms with van der Waals surface area (Å²) in [4.78, 5) is 34.9. The maximum atomic E-state index is 16.1. The molecule has 20 nitrogen and oxygen atoms in total. The van der Waals surface area contributed by atoms with Crippen LogP contribution < -0.4 is 17.0 Å². The van der Waals surface area contributed by atoms with Gasteiger partial charge >= 0.3 is 13.6 Å². The number of nitrogen functional groups attached to an aromatic ring is 2. The van der Waals surface area contributed by atoms with E-state index in [4.69, 9.17) is 43.8 Å². The first-order valence-corrected chi connectivity index (χ1v) is 18.8. The molecule has 4 aliphatic rings. The van der Waals surface area contributed by atoms with E-state index in [2.05, 4.69) is 54.4 Å². The topological polar surface area (TPSA) is 258 Å². The Kier molecular flexibility index (Phi) is 7.10. The highest BCUT2D eigenvalue weighted by Crippen LogP contribution is 2.63. The summed E-state index contributed by atoms with van der Waals surface area (Å²) in [6, 6.07) is 0. The Balaban J connectivity index is 1.10. The van der Waals surface area contributed by atoms with Crippen LogP contribution in [0.1, 0.15) is 12.5 Å². The average molecular weight is 721 g/mol. The third-order valence-corrected chi connectivity index (χ3v) is 11.2. The maximum Gasteiger partial charge on any atom is 0.386 e. The lowest BCUT2D eigenvalue weighted by atomic mass is 10.0. The zero-order chi connectivity index (χ0) is 32.2. The van der Waals surface area contributed by atoms with Crippen LogP contribution in [0.15, 0.2) is 23.8 Å². The first-order chi connectivity index (χ1) is 21.8. The van der Waals surface area contributed by atoms with Gasteiger partial charge in [0.2, 0.25) is 5.95 Å². The standard InChI is InChI=1S/C21H23FN10O10P2S2/c22-8-11-7(39-18(8)32-6-28-10-16(32)29-20(24)30-17(10)33)1-37-43(34,45)42-13-12-19(31-5-27-9-14(23)25-4-26-15(9)31)40-21(13,2-36-12)3-38-44(35,46)41-11/h4-8,11-13,18-19H,1-3H2,(H,34,45)(H,35,46)(H2,23,25,26)(H3,24,29,30,33)/t7?,8-,11-,12-,13+,18-,19-,21-,43?,44?/m1/s1. The molecule has 8 heterocycles. The van der Waals surface area contributed by atoms with E-state index >= 15 is 4.39 Å². The van der Waals surface area contributed by atoms with Gasteiger partial charge in [0.25, 0.3) is 5.56 Å². The van der Waals surface area contributed by atoms with Crippen molar-refractivity contribution >= 4 is 72.2 Å². The molecule has 4 aromatic rings. The number of nitrogens with two attached hydrogens (primary N) is 2. The fourth-order valence-corrected chi connectivity index (χ4v) is 8.96. The molecule has 3 unspecified atom stereocenters. The number of fused-ring (bicyclic) bond motifs is 3. The lowest BCUT2D eigenvalue weighted by Crippen LogP contribution is -2.46. The van der Waals surface area contributed by atoms with Crippen LogP contribution in [0.4, 0.5) is 16.2 Å². The van der Waals surface area contributed by atoms with Crippen molar-refractivity contribution in [3.63, 3.8) is 0 Å². The van der Waals surface area contributed by atoms with Gasteiger partial charge in [-0.15, -0.1) is 0 Å². The number of halogens is 1. The molecule has 4 saturated heterocycles. The Bertz CT molecular complexity index is 2040. The normalized spacial score (nSPS) is 39.7. The molecule has 5 N–H and O–H groups in total. The van der Waals surface area contributed by atoms with E-state index in [1.807, 2.05) is 0 Å². The number of alkyl halides is 1. The minimum absolute atomic E-state index is 0.0879. The third-order valence-electron chi connectivity index (χ3n) is 8.00. The van der Waals surface area contributed by atoms with Gasteiger partial charge in [-0.25, -0.2) is 33.5 Å². The molecule has 0 amide bonds. The van der Waals surface area contributed by atoms with Crippen LogP contribution in [-0.2, 0) is 41.4 Å². The minimum Gasteiger partial charge on any atom is -0.382 e. The predicted octanol–water partition coefficient (Wildman–Crippen LogP) is 0.919. The molecule has 2 bridgehead atoms. The quantitative estimate of drug-likeness (QED) is 0.142. The van der Waals surface area contributed by atoms with Crippen molar-refractivity contribution in [3.05, 3.63) is 29.3 Å². The lowest BCUT2D eigenvalue weighted by molar-refractivity contribution is -0.183. The summed E-state index contributed by atoms with van der Waals surface area (Å²) in [6.07, 6.45) is -5.88. The summed E-state index contributed by atoms with van der Waals surface area (Å²) in [5.41, 5.74) is 9.80. The van der Waals surface area contributed by atoms with E-state index in [0.29, 0.717) is 11.2 Å². The average Bonchev–Trinajstić information content (AvgIpc) is 3.80.